The van der Waals surface area contributed by atoms with Crippen molar-refractivity contribution in [3.05, 3.63) is 40.4 Å². The van der Waals surface area contributed by atoms with Crippen LogP contribution in [0.4, 0.5) is 0 Å². The maximum atomic E-state index is 13.0. The number of likely N-dealkylation sites (N-methyl/N-ethyl adjacent to an activating group) is 1. The highest BCUT2D eigenvalue weighted by Crippen LogP contribution is 2.21. The largest absolute Gasteiger partial charge is 0.335 e. The van der Waals surface area contributed by atoms with Crippen molar-refractivity contribution in [2.75, 3.05) is 25.1 Å². The first kappa shape index (κ1) is 21.4. The van der Waals surface area contributed by atoms with E-state index in [9.17, 15) is 18.0 Å². The Morgan fingerprint density at radius 3 is 2.72 bits per heavy atom. The number of H-pyrrole nitrogens is 1. The minimum atomic E-state index is -3.08. The topological polar surface area (TPSA) is 103 Å². The van der Waals surface area contributed by atoms with E-state index in [1.54, 1.807) is 35.0 Å². The lowest BCUT2D eigenvalue weighted by molar-refractivity contribution is -0.136. The minimum Gasteiger partial charge on any atom is -0.335 e. The average Bonchev–Trinajstić information content (AvgIpc) is 3.00. The smallest absolute Gasteiger partial charge is 0.258 e. The van der Waals surface area contributed by atoms with Gasteiger partial charge in [-0.3, -0.25) is 14.5 Å². The molecule has 1 aliphatic heterocycles. The molecule has 1 amide bonds. The van der Waals surface area contributed by atoms with Crippen molar-refractivity contribution >= 4 is 26.6 Å². The molecule has 1 aromatic heterocycles. The fourth-order valence-corrected chi connectivity index (χ4v) is 5.55. The van der Waals surface area contributed by atoms with Gasteiger partial charge in [0.25, 0.3) is 5.56 Å². The maximum absolute atomic E-state index is 13.0. The molecule has 1 fully saturated rings. The number of aromatic nitrogens is 2. The van der Waals surface area contributed by atoms with Crippen LogP contribution in [0, 0.1) is 0 Å². The predicted molar refractivity (Wildman–Crippen MR) is 112 cm³/mol. The van der Waals surface area contributed by atoms with Gasteiger partial charge in [0.2, 0.25) is 5.91 Å². The Hall–Kier alpha value is -2.26. The predicted octanol–water partition coefficient (Wildman–Crippen LogP) is 1.17. The van der Waals surface area contributed by atoms with Crippen LogP contribution >= 0.6 is 0 Å². The molecule has 2 aromatic rings. The Kier molecular flexibility index (Phi) is 6.38. The van der Waals surface area contributed by atoms with Crippen molar-refractivity contribution in [1.82, 2.24) is 19.8 Å². The zero-order chi connectivity index (χ0) is 21.2. The van der Waals surface area contributed by atoms with Gasteiger partial charge in [-0.25, -0.2) is 13.4 Å². The van der Waals surface area contributed by atoms with Crippen molar-refractivity contribution in [2.45, 2.75) is 45.3 Å². The zero-order valence-electron chi connectivity index (χ0n) is 17.1. The lowest BCUT2D eigenvalue weighted by Crippen LogP contribution is -2.49. The lowest BCUT2D eigenvalue weighted by atomic mass is 10.1. The summed E-state index contributed by atoms with van der Waals surface area (Å²) in [6.07, 6.45) is 1.24. The molecule has 1 N–H and O–H groups in total. The molecule has 9 heteroatoms. The van der Waals surface area contributed by atoms with Crippen LogP contribution in [0.3, 0.4) is 0 Å². The maximum Gasteiger partial charge on any atom is 0.258 e. The number of amides is 1. The summed E-state index contributed by atoms with van der Waals surface area (Å²) in [6, 6.07) is 6.81. The summed E-state index contributed by atoms with van der Waals surface area (Å²) < 4.78 is 23.8. The fraction of sp³-hybridized carbons (Fsp3) is 0.550. The molecule has 0 aliphatic carbocycles. The van der Waals surface area contributed by atoms with Crippen LogP contribution in [-0.4, -0.2) is 71.3 Å². The molecule has 1 aromatic carbocycles. The summed E-state index contributed by atoms with van der Waals surface area (Å²) in [5, 5.41) is 0.528. The van der Waals surface area contributed by atoms with Crippen molar-refractivity contribution in [3.8, 4) is 0 Å². The zero-order valence-corrected chi connectivity index (χ0v) is 17.9. The molecule has 0 spiro atoms. The van der Waals surface area contributed by atoms with E-state index in [4.69, 9.17) is 0 Å². The van der Waals surface area contributed by atoms with Gasteiger partial charge >= 0.3 is 0 Å². The second kappa shape index (κ2) is 8.62. The van der Waals surface area contributed by atoms with E-state index in [-0.39, 0.29) is 41.6 Å². The second-order valence-corrected chi connectivity index (χ2v) is 10.0. The van der Waals surface area contributed by atoms with E-state index >= 15 is 0 Å². The molecule has 0 unspecified atom stereocenters. The number of para-hydroxylation sites is 1. The van der Waals surface area contributed by atoms with E-state index in [1.165, 1.54) is 0 Å². The van der Waals surface area contributed by atoms with Gasteiger partial charge in [0.05, 0.1) is 35.5 Å². The van der Waals surface area contributed by atoms with E-state index in [1.807, 2.05) is 19.9 Å². The van der Waals surface area contributed by atoms with Gasteiger partial charge < -0.3 is 9.88 Å². The first-order valence-corrected chi connectivity index (χ1v) is 11.7. The number of rotatable bonds is 7. The number of sulfone groups is 1. The molecule has 0 bridgehead atoms. The van der Waals surface area contributed by atoms with Crippen LogP contribution in [0.2, 0.25) is 0 Å². The summed E-state index contributed by atoms with van der Waals surface area (Å²) in [4.78, 5) is 36.0. The Morgan fingerprint density at radius 2 is 2.07 bits per heavy atom. The van der Waals surface area contributed by atoms with E-state index < -0.39 is 9.84 Å². The summed E-state index contributed by atoms with van der Waals surface area (Å²) in [5.74, 6) is 0.553. The molecule has 0 radical (unpaired) electrons. The number of hydrogen-bond donors (Lipinski definition) is 1. The SMILES string of the molecule is CC[C@H](C)N(C(=O)CN(C)Cc1nc2ccccc2c(=O)[nH]1)[C@@H]1CCS(=O)(=O)C1. The van der Waals surface area contributed by atoms with Crippen molar-refractivity contribution in [1.29, 1.82) is 0 Å². The third-order valence-electron chi connectivity index (χ3n) is 5.44. The highest BCUT2D eigenvalue weighted by molar-refractivity contribution is 7.91. The van der Waals surface area contributed by atoms with Crippen LogP contribution in [0.25, 0.3) is 10.9 Å². The monoisotopic (exact) mass is 420 g/mol. The number of hydrogen-bond acceptors (Lipinski definition) is 6. The number of aromatic amines is 1. The summed E-state index contributed by atoms with van der Waals surface area (Å²) in [5.41, 5.74) is 0.408. The van der Waals surface area contributed by atoms with Crippen LogP contribution in [0.15, 0.2) is 29.1 Å². The van der Waals surface area contributed by atoms with Crippen molar-refractivity contribution in [3.63, 3.8) is 0 Å². The fourth-order valence-electron chi connectivity index (χ4n) is 3.83. The molecular formula is C20H28N4O4S. The van der Waals surface area contributed by atoms with Gasteiger partial charge in [-0.1, -0.05) is 19.1 Å². The van der Waals surface area contributed by atoms with Gasteiger partial charge in [0.1, 0.15) is 5.82 Å². The van der Waals surface area contributed by atoms with Crippen LogP contribution in [-0.2, 0) is 21.2 Å². The standard InChI is InChI=1S/C20H28N4O4S/c1-4-14(2)24(15-9-10-29(27,28)13-15)19(25)12-23(3)11-18-21-17-8-6-5-7-16(17)20(26)22-18/h5-8,14-15H,4,9-13H2,1-3H3,(H,21,22,26)/t14-,15+/m0/s1. The Bertz CT molecular complexity index is 1050. The molecule has 2 heterocycles. The quantitative estimate of drug-likeness (QED) is 0.721. The van der Waals surface area contributed by atoms with Gasteiger partial charge in [0, 0.05) is 12.1 Å². The van der Waals surface area contributed by atoms with Gasteiger partial charge in [0.15, 0.2) is 9.84 Å². The Balaban J connectivity index is 1.72. The number of benzene rings is 1. The third kappa shape index (κ3) is 5.02. The van der Waals surface area contributed by atoms with Gasteiger partial charge in [-0.05, 0) is 38.9 Å². The molecule has 1 saturated heterocycles. The minimum absolute atomic E-state index is 0.0341. The molecule has 1 aliphatic rings. The highest BCUT2D eigenvalue weighted by atomic mass is 32.2. The number of nitrogens with one attached hydrogen (secondary N) is 1. The van der Waals surface area contributed by atoms with Crippen LogP contribution < -0.4 is 5.56 Å². The molecule has 29 heavy (non-hydrogen) atoms. The first-order chi connectivity index (χ1) is 13.7. The molecular weight excluding hydrogens is 392 g/mol. The summed E-state index contributed by atoms with van der Waals surface area (Å²) in [6.45, 7) is 4.37. The Labute approximate surface area is 170 Å². The number of fused-ring (bicyclic) bond motifs is 1. The molecule has 8 nitrogen and oxygen atoms in total. The summed E-state index contributed by atoms with van der Waals surface area (Å²) >= 11 is 0. The third-order valence-corrected chi connectivity index (χ3v) is 7.19. The number of carbonyl (C=O) groups is 1. The average molecular weight is 421 g/mol. The summed E-state index contributed by atoms with van der Waals surface area (Å²) in [7, 11) is -1.29. The molecule has 158 valence electrons. The molecule has 3 rings (SSSR count). The van der Waals surface area contributed by atoms with E-state index in [2.05, 4.69) is 9.97 Å². The number of carbonyl (C=O) groups excluding carboxylic acids is 1. The van der Waals surface area contributed by atoms with E-state index in [0.29, 0.717) is 29.7 Å². The van der Waals surface area contributed by atoms with Gasteiger partial charge in [-0.15, -0.1) is 0 Å². The highest BCUT2D eigenvalue weighted by Gasteiger charge is 2.36. The normalized spacial score (nSPS) is 19.5. The lowest BCUT2D eigenvalue weighted by Gasteiger charge is -2.35. The van der Waals surface area contributed by atoms with Crippen molar-refractivity contribution in [2.24, 2.45) is 0 Å². The van der Waals surface area contributed by atoms with Gasteiger partial charge in [-0.2, -0.15) is 0 Å². The first-order valence-electron chi connectivity index (χ1n) is 9.88. The van der Waals surface area contributed by atoms with Crippen LogP contribution in [0.5, 0.6) is 0 Å². The van der Waals surface area contributed by atoms with Crippen molar-refractivity contribution < 1.29 is 13.2 Å². The molecule has 0 saturated carbocycles. The van der Waals surface area contributed by atoms with E-state index in [0.717, 1.165) is 6.42 Å². The Morgan fingerprint density at radius 1 is 1.34 bits per heavy atom. The van der Waals surface area contributed by atoms with Crippen LogP contribution in [0.1, 0.15) is 32.5 Å². The second-order valence-electron chi connectivity index (χ2n) is 7.82. The molecule has 2 atom stereocenters. The number of nitrogens with zero attached hydrogens (tertiary/aromatic N) is 3.